The quantitative estimate of drug-likeness (QED) is 0.643. The minimum atomic E-state index is -0.972. The third kappa shape index (κ3) is 4.51. The fourth-order valence-electron chi connectivity index (χ4n) is 2.34. The van der Waals surface area contributed by atoms with Crippen LogP contribution in [0.3, 0.4) is 0 Å². The molecule has 0 unspecified atom stereocenters. The lowest BCUT2D eigenvalue weighted by molar-refractivity contribution is 0.102. The summed E-state index contributed by atoms with van der Waals surface area (Å²) in [5, 5.41) is 6.01. The number of carbonyl (C=O) groups excluding carboxylic acids is 1. The van der Waals surface area contributed by atoms with Gasteiger partial charge < -0.3 is 15.4 Å². The molecule has 0 spiro atoms. The number of carbonyl (C=O) groups is 1. The van der Waals surface area contributed by atoms with E-state index in [-0.39, 0.29) is 5.69 Å². The predicted molar refractivity (Wildman–Crippen MR) is 99.8 cm³/mol. The van der Waals surface area contributed by atoms with E-state index in [0.717, 1.165) is 12.1 Å². The van der Waals surface area contributed by atoms with Crippen LogP contribution in [0.25, 0.3) is 0 Å². The molecule has 8 heteroatoms. The third-order valence-electron chi connectivity index (χ3n) is 3.61. The third-order valence-corrected chi connectivity index (χ3v) is 3.85. The van der Waals surface area contributed by atoms with Crippen molar-refractivity contribution in [3.63, 3.8) is 0 Å². The van der Waals surface area contributed by atoms with Gasteiger partial charge in [0.05, 0.1) is 12.8 Å². The number of aromatic nitrogens is 1. The fraction of sp³-hybridized carbons (Fsp3) is 0.0526. The molecule has 1 aromatic heterocycles. The Hall–Kier alpha value is -3.19. The molecular formula is C19H14ClF2N3O2. The fourth-order valence-corrected chi connectivity index (χ4v) is 2.51. The molecule has 5 nitrogen and oxygen atoms in total. The maximum atomic E-state index is 13.3. The van der Waals surface area contributed by atoms with Crippen LogP contribution in [-0.4, -0.2) is 18.0 Å². The van der Waals surface area contributed by atoms with Gasteiger partial charge in [0, 0.05) is 28.7 Å². The van der Waals surface area contributed by atoms with Crippen molar-refractivity contribution >= 4 is 34.6 Å². The van der Waals surface area contributed by atoms with E-state index < -0.39 is 17.5 Å². The average Bonchev–Trinajstić information content (AvgIpc) is 2.65. The molecule has 0 radical (unpaired) electrons. The largest absolute Gasteiger partial charge is 0.495 e. The minimum Gasteiger partial charge on any atom is -0.495 e. The van der Waals surface area contributed by atoms with Crippen LogP contribution < -0.4 is 15.4 Å². The Bertz CT molecular complexity index is 998. The van der Waals surface area contributed by atoms with Gasteiger partial charge in [-0.2, -0.15) is 0 Å². The number of hydrogen-bond acceptors (Lipinski definition) is 4. The molecule has 0 bridgehead atoms. The molecule has 3 aromatic rings. The molecule has 1 amide bonds. The lowest BCUT2D eigenvalue weighted by atomic mass is 10.2. The molecule has 0 atom stereocenters. The highest BCUT2D eigenvalue weighted by molar-refractivity contribution is 6.31. The van der Waals surface area contributed by atoms with Crippen molar-refractivity contribution in [2.45, 2.75) is 0 Å². The summed E-state index contributed by atoms with van der Waals surface area (Å²) in [6.07, 6.45) is 1.42. The van der Waals surface area contributed by atoms with Crippen LogP contribution in [-0.2, 0) is 0 Å². The molecule has 0 aliphatic carbocycles. The molecule has 0 fully saturated rings. The van der Waals surface area contributed by atoms with Crippen molar-refractivity contribution in [1.82, 2.24) is 4.98 Å². The summed E-state index contributed by atoms with van der Waals surface area (Å²) in [5.41, 5.74) is 1.34. The van der Waals surface area contributed by atoms with Gasteiger partial charge >= 0.3 is 0 Å². The topological polar surface area (TPSA) is 63.2 Å². The van der Waals surface area contributed by atoms with Crippen molar-refractivity contribution in [1.29, 1.82) is 0 Å². The first-order valence-electron chi connectivity index (χ1n) is 7.79. The zero-order valence-corrected chi connectivity index (χ0v) is 14.8. The van der Waals surface area contributed by atoms with Gasteiger partial charge in [0.1, 0.15) is 11.4 Å². The lowest BCUT2D eigenvalue weighted by Gasteiger charge is -2.11. The lowest BCUT2D eigenvalue weighted by Crippen LogP contribution is -2.14. The summed E-state index contributed by atoms with van der Waals surface area (Å²) >= 11 is 5.95. The van der Waals surface area contributed by atoms with Crippen LogP contribution in [0.5, 0.6) is 5.75 Å². The molecule has 27 heavy (non-hydrogen) atoms. The number of hydrogen-bond donors (Lipinski definition) is 2. The number of halogens is 3. The van der Waals surface area contributed by atoms with Gasteiger partial charge in [-0.05, 0) is 42.5 Å². The normalized spacial score (nSPS) is 10.4. The van der Waals surface area contributed by atoms with Crippen LogP contribution in [0.1, 0.15) is 10.5 Å². The Morgan fingerprint density at radius 2 is 1.81 bits per heavy atom. The standard InChI is InChI=1S/C19H14ClF2N3O2/c1-27-18-5-2-11(20)8-16(18)25-19(26)17-10-13(6-7-23-17)24-12-3-4-14(21)15(22)9-12/h2-10H,1H3,(H,23,24)(H,25,26). The van der Waals surface area contributed by atoms with E-state index >= 15 is 0 Å². The molecule has 0 aliphatic heterocycles. The molecule has 1 heterocycles. The molecule has 3 rings (SSSR count). The highest BCUT2D eigenvalue weighted by atomic mass is 35.5. The van der Waals surface area contributed by atoms with E-state index in [1.165, 1.54) is 25.4 Å². The van der Waals surface area contributed by atoms with Crippen LogP contribution in [0, 0.1) is 11.6 Å². The first-order chi connectivity index (χ1) is 13.0. The molecular weight excluding hydrogens is 376 g/mol. The number of benzene rings is 2. The number of rotatable bonds is 5. The number of anilines is 3. The SMILES string of the molecule is COc1ccc(Cl)cc1NC(=O)c1cc(Nc2ccc(F)c(F)c2)ccn1. The number of ether oxygens (including phenoxy) is 1. The Labute approximate surface area is 159 Å². The van der Waals surface area contributed by atoms with Crippen molar-refractivity contribution in [2.75, 3.05) is 17.7 Å². The molecule has 2 aromatic carbocycles. The summed E-state index contributed by atoms with van der Waals surface area (Å²) in [5.74, 6) is -1.95. The summed E-state index contributed by atoms with van der Waals surface area (Å²) in [6.45, 7) is 0. The summed E-state index contributed by atoms with van der Waals surface area (Å²) in [7, 11) is 1.48. The minimum absolute atomic E-state index is 0.115. The van der Waals surface area contributed by atoms with E-state index in [9.17, 15) is 13.6 Å². The Kier molecular flexibility index (Phi) is 5.52. The Morgan fingerprint density at radius 3 is 2.56 bits per heavy atom. The van der Waals surface area contributed by atoms with Gasteiger partial charge in [-0.15, -0.1) is 0 Å². The summed E-state index contributed by atoms with van der Waals surface area (Å²) in [6, 6.07) is 11.3. The van der Waals surface area contributed by atoms with E-state index in [1.807, 2.05) is 0 Å². The number of amides is 1. The van der Waals surface area contributed by atoms with Crippen LogP contribution in [0.4, 0.5) is 25.8 Å². The van der Waals surface area contributed by atoms with Gasteiger partial charge in [-0.25, -0.2) is 8.78 Å². The maximum Gasteiger partial charge on any atom is 0.274 e. The molecule has 0 aliphatic rings. The average molecular weight is 390 g/mol. The smallest absolute Gasteiger partial charge is 0.274 e. The second kappa shape index (κ2) is 8.01. The van der Waals surface area contributed by atoms with Gasteiger partial charge in [-0.3, -0.25) is 9.78 Å². The van der Waals surface area contributed by atoms with Crippen molar-refractivity contribution in [3.05, 3.63) is 77.1 Å². The number of nitrogens with zero attached hydrogens (tertiary/aromatic N) is 1. The van der Waals surface area contributed by atoms with E-state index in [1.54, 1.807) is 24.3 Å². The second-order valence-corrected chi connectivity index (χ2v) is 5.92. The molecule has 0 saturated heterocycles. The van der Waals surface area contributed by atoms with Gasteiger partial charge in [0.15, 0.2) is 11.6 Å². The van der Waals surface area contributed by atoms with Crippen molar-refractivity contribution in [2.24, 2.45) is 0 Å². The van der Waals surface area contributed by atoms with Gasteiger partial charge in [0.2, 0.25) is 0 Å². The number of nitrogens with one attached hydrogen (secondary N) is 2. The maximum absolute atomic E-state index is 13.3. The highest BCUT2D eigenvalue weighted by Gasteiger charge is 2.12. The Morgan fingerprint density at radius 1 is 1.04 bits per heavy atom. The molecule has 0 saturated carbocycles. The monoisotopic (exact) mass is 389 g/mol. The summed E-state index contributed by atoms with van der Waals surface area (Å²) in [4.78, 5) is 16.5. The van der Waals surface area contributed by atoms with Gasteiger partial charge in [-0.1, -0.05) is 11.6 Å². The number of methoxy groups -OCH3 is 1. The zero-order chi connectivity index (χ0) is 19.4. The molecule has 2 N–H and O–H groups in total. The first-order valence-corrected chi connectivity index (χ1v) is 8.17. The predicted octanol–water partition coefficient (Wildman–Crippen LogP) is 5.02. The van der Waals surface area contributed by atoms with Gasteiger partial charge in [0.25, 0.3) is 5.91 Å². The number of pyridine rings is 1. The van der Waals surface area contributed by atoms with Crippen molar-refractivity contribution in [3.8, 4) is 5.75 Å². The first kappa shape index (κ1) is 18.6. The second-order valence-electron chi connectivity index (χ2n) is 5.48. The van der Waals surface area contributed by atoms with Crippen molar-refractivity contribution < 1.29 is 18.3 Å². The Balaban J connectivity index is 1.79. The van der Waals surface area contributed by atoms with E-state index in [2.05, 4.69) is 15.6 Å². The molecule has 138 valence electrons. The van der Waals surface area contributed by atoms with Crippen LogP contribution in [0.2, 0.25) is 5.02 Å². The van der Waals surface area contributed by atoms with E-state index in [4.69, 9.17) is 16.3 Å². The summed E-state index contributed by atoms with van der Waals surface area (Å²) < 4.78 is 31.5. The zero-order valence-electron chi connectivity index (χ0n) is 14.1. The van der Waals surface area contributed by atoms with Crippen LogP contribution in [0.15, 0.2) is 54.7 Å². The van der Waals surface area contributed by atoms with E-state index in [0.29, 0.717) is 27.8 Å². The highest BCUT2D eigenvalue weighted by Crippen LogP contribution is 2.28. The van der Waals surface area contributed by atoms with Crippen LogP contribution >= 0.6 is 11.6 Å².